The lowest BCUT2D eigenvalue weighted by molar-refractivity contribution is -0.137. The fraction of sp³-hybridized carbons (Fsp3) is 0.333. The van der Waals surface area contributed by atoms with Crippen molar-refractivity contribution in [2.75, 3.05) is 18.1 Å². The molecule has 1 atom stereocenters. The van der Waals surface area contributed by atoms with E-state index in [1.807, 2.05) is 0 Å². The van der Waals surface area contributed by atoms with Crippen LogP contribution >= 0.6 is 0 Å². The number of carbonyl (C=O) groups excluding carboxylic acids is 2. The normalized spacial score (nSPS) is 18.4. The van der Waals surface area contributed by atoms with Gasteiger partial charge >= 0.3 is 12.1 Å². The lowest BCUT2D eigenvalue weighted by Gasteiger charge is -2.10. The third kappa shape index (κ3) is 5.37. The van der Waals surface area contributed by atoms with Gasteiger partial charge in [-0.25, -0.2) is 13.2 Å². The zero-order chi connectivity index (χ0) is 21.2. The van der Waals surface area contributed by atoms with Gasteiger partial charge in [0, 0.05) is 11.6 Å². The number of ether oxygens (including phenoxy) is 1. The van der Waals surface area contributed by atoms with E-state index in [-0.39, 0.29) is 28.6 Å². The number of hydrogen-bond donors (Lipinski definition) is 1. The van der Waals surface area contributed by atoms with Crippen molar-refractivity contribution in [2.24, 2.45) is 0 Å². The Balaban J connectivity index is 1.58. The maximum absolute atomic E-state index is 12.8. The minimum atomic E-state index is -4.52. The van der Waals surface area contributed by atoms with Gasteiger partial charge in [-0.1, -0.05) is 12.1 Å². The summed E-state index contributed by atoms with van der Waals surface area (Å²) in [5.41, 5.74) is -0.736. The summed E-state index contributed by atoms with van der Waals surface area (Å²) in [6.45, 7) is -0.644. The molecule has 29 heavy (non-hydrogen) atoms. The molecule has 1 aliphatic rings. The number of halogens is 3. The summed E-state index contributed by atoms with van der Waals surface area (Å²) in [6.07, 6.45) is -4.23. The quantitative estimate of drug-likeness (QED) is 0.730. The second-order valence-corrected chi connectivity index (χ2v) is 8.71. The van der Waals surface area contributed by atoms with Crippen LogP contribution in [-0.2, 0) is 25.5 Å². The Morgan fingerprint density at radius 2 is 1.97 bits per heavy atom. The summed E-state index contributed by atoms with van der Waals surface area (Å²) in [7, 11) is -3.16. The first-order valence-corrected chi connectivity index (χ1v) is 10.3. The molecule has 1 fully saturated rings. The Labute approximate surface area is 163 Å². The standard InChI is InChI=1S/C18H16F3NO6S/c19-18(20,21)12-3-1-2-11(8-12)14-4-5-15(28-14)17(24)27-9-16(23)22-13-6-7-29(25,26)10-13/h1-5,8,13H,6-7,9-10H2,(H,22,23). The molecule has 1 amide bonds. The third-order valence-electron chi connectivity index (χ3n) is 4.21. The molecule has 2 aromatic rings. The number of carbonyl (C=O) groups is 2. The van der Waals surface area contributed by atoms with Crippen molar-refractivity contribution in [3.8, 4) is 11.3 Å². The SMILES string of the molecule is O=C(COC(=O)c1ccc(-c2cccc(C(F)(F)F)c2)o1)NC1CCS(=O)(=O)C1. The number of furan rings is 1. The zero-order valence-corrected chi connectivity index (χ0v) is 15.7. The van der Waals surface area contributed by atoms with Crippen LogP contribution in [0.3, 0.4) is 0 Å². The van der Waals surface area contributed by atoms with Gasteiger partial charge in [-0.2, -0.15) is 13.2 Å². The maximum Gasteiger partial charge on any atom is 0.416 e. The molecular formula is C18H16F3NO6S. The van der Waals surface area contributed by atoms with Crippen molar-refractivity contribution >= 4 is 21.7 Å². The van der Waals surface area contributed by atoms with Crippen LogP contribution in [-0.4, -0.2) is 44.4 Å². The molecule has 3 rings (SSSR count). The molecular weight excluding hydrogens is 415 g/mol. The van der Waals surface area contributed by atoms with E-state index in [0.29, 0.717) is 6.42 Å². The van der Waals surface area contributed by atoms with Crippen LogP contribution in [0.5, 0.6) is 0 Å². The number of amides is 1. The average Bonchev–Trinajstić information content (AvgIpc) is 3.26. The van der Waals surface area contributed by atoms with Crippen LogP contribution in [0.4, 0.5) is 13.2 Å². The van der Waals surface area contributed by atoms with Crippen molar-refractivity contribution in [1.82, 2.24) is 5.32 Å². The molecule has 1 aliphatic heterocycles. The molecule has 7 nitrogen and oxygen atoms in total. The van der Waals surface area contributed by atoms with Gasteiger partial charge in [-0.05, 0) is 30.7 Å². The second-order valence-electron chi connectivity index (χ2n) is 6.49. The summed E-state index contributed by atoms with van der Waals surface area (Å²) in [5, 5.41) is 2.46. The van der Waals surface area contributed by atoms with Crippen LogP contribution in [0.15, 0.2) is 40.8 Å². The molecule has 1 unspecified atom stereocenters. The van der Waals surface area contributed by atoms with Gasteiger partial charge in [0.15, 0.2) is 16.4 Å². The molecule has 11 heteroatoms. The summed E-state index contributed by atoms with van der Waals surface area (Å²) in [5.74, 6) is -2.06. The van der Waals surface area contributed by atoms with E-state index in [2.05, 4.69) is 5.32 Å². The molecule has 0 spiro atoms. The zero-order valence-electron chi connectivity index (χ0n) is 14.9. The van der Waals surface area contributed by atoms with Crippen LogP contribution < -0.4 is 5.32 Å². The highest BCUT2D eigenvalue weighted by Crippen LogP contribution is 2.32. The number of esters is 1. The first-order chi connectivity index (χ1) is 13.5. The van der Waals surface area contributed by atoms with E-state index < -0.39 is 46.1 Å². The van der Waals surface area contributed by atoms with Gasteiger partial charge in [0.05, 0.1) is 17.1 Å². The molecule has 0 bridgehead atoms. The molecule has 0 radical (unpaired) electrons. The van der Waals surface area contributed by atoms with Crippen molar-refractivity contribution in [1.29, 1.82) is 0 Å². The number of sulfone groups is 1. The summed E-state index contributed by atoms with van der Waals surface area (Å²) >= 11 is 0. The highest BCUT2D eigenvalue weighted by atomic mass is 32.2. The fourth-order valence-corrected chi connectivity index (χ4v) is 4.51. The molecule has 2 heterocycles. The van der Waals surface area contributed by atoms with E-state index in [4.69, 9.17) is 9.15 Å². The molecule has 1 aromatic carbocycles. The number of benzene rings is 1. The first-order valence-electron chi connectivity index (χ1n) is 8.48. The molecule has 1 N–H and O–H groups in total. The number of hydrogen-bond acceptors (Lipinski definition) is 6. The third-order valence-corrected chi connectivity index (χ3v) is 5.98. The molecule has 0 saturated carbocycles. The largest absolute Gasteiger partial charge is 0.450 e. The van der Waals surface area contributed by atoms with Crippen molar-refractivity contribution in [3.05, 3.63) is 47.7 Å². The van der Waals surface area contributed by atoms with Gasteiger partial charge < -0.3 is 14.5 Å². The average molecular weight is 431 g/mol. The second kappa shape index (κ2) is 7.90. The highest BCUT2D eigenvalue weighted by Gasteiger charge is 2.31. The van der Waals surface area contributed by atoms with Crippen LogP contribution in [0.2, 0.25) is 0 Å². The van der Waals surface area contributed by atoms with Gasteiger partial charge in [-0.15, -0.1) is 0 Å². The Morgan fingerprint density at radius 1 is 1.21 bits per heavy atom. The number of rotatable bonds is 5. The Bertz CT molecular complexity index is 1030. The molecule has 1 saturated heterocycles. The minimum Gasteiger partial charge on any atom is -0.450 e. The van der Waals surface area contributed by atoms with Gasteiger partial charge in [0.1, 0.15) is 5.76 Å². The van der Waals surface area contributed by atoms with Gasteiger partial charge in [0.25, 0.3) is 5.91 Å². The van der Waals surface area contributed by atoms with Gasteiger partial charge in [-0.3, -0.25) is 4.79 Å². The topological polar surface area (TPSA) is 103 Å². The number of nitrogens with one attached hydrogen (secondary N) is 1. The lowest BCUT2D eigenvalue weighted by atomic mass is 10.1. The van der Waals surface area contributed by atoms with Crippen LogP contribution in [0, 0.1) is 0 Å². The molecule has 156 valence electrons. The lowest BCUT2D eigenvalue weighted by Crippen LogP contribution is -2.38. The van der Waals surface area contributed by atoms with E-state index in [1.165, 1.54) is 24.3 Å². The summed E-state index contributed by atoms with van der Waals surface area (Å²) < 4.78 is 71.2. The van der Waals surface area contributed by atoms with Crippen molar-refractivity contribution in [2.45, 2.75) is 18.6 Å². The molecule has 1 aromatic heterocycles. The maximum atomic E-state index is 12.8. The monoisotopic (exact) mass is 431 g/mol. The van der Waals surface area contributed by atoms with Crippen LogP contribution in [0.25, 0.3) is 11.3 Å². The Kier molecular flexibility index (Phi) is 5.69. The van der Waals surface area contributed by atoms with Crippen molar-refractivity contribution < 1.29 is 40.3 Å². The number of alkyl halides is 3. The Hall–Kier alpha value is -2.82. The summed E-state index contributed by atoms with van der Waals surface area (Å²) in [6, 6.07) is 6.42. The predicted octanol–water partition coefficient (Wildman–Crippen LogP) is 2.43. The van der Waals surface area contributed by atoms with Crippen LogP contribution in [0.1, 0.15) is 22.5 Å². The smallest absolute Gasteiger partial charge is 0.416 e. The predicted molar refractivity (Wildman–Crippen MR) is 94.6 cm³/mol. The molecule has 0 aliphatic carbocycles. The van der Waals surface area contributed by atoms with E-state index in [0.717, 1.165) is 12.1 Å². The first kappa shape index (κ1) is 20.9. The fourth-order valence-electron chi connectivity index (χ4n) is 2.83. The minimum absolute atomic E-state index is 0.0115. The van der Waals surface area contributed by atoms with Crippen molar-refractivity contribution in [3.63, 3.8) is 0 Å². The van der Waals surface area contributed by atoms with Gasteiger partial charge in [0.2, 0.25) is 5.76 Å². The van der Waals surface area contributed by atoms with E-state index in [1.54, 1.807) is 0 Å². The van der Waals surface area contributed by atoms with E-state index in [9.17, 15) is 31.2 Å². The Morgan fingerprint density at radius 3 is 2.62 bits per heavy atom. The highest BCUT2D eigenvalue weighted by molar-refractivity contribution is 7.91. The summed E-state index contributed by atoms with van der Waals surface area (Å²) in [4.78, 5) is 23.8. The van der Waals surface area contributed by atoms with E-state index >= 15 is 0 Å².